The van der Waals surface area contributed by atoms with E-state index in [1.54, 1.807) is 23.6 Å². The van der Waals surface area contributed by atoms with E-state index in [-0.39, 0.29) is 22.4 Å². The molecule has 0 saturated carbocycles. The summed E-state index contributed by atoms with van der Waals surface area (Å²) in [6.45, 7) is 1.02. The Balaban J connectivity index is 2.08. The number of sulfonamides is 1. The number of halogens is 2. The van der Waals surface area contributed by atoms with Gasteiger partial charge in [-0.3, -0.25) is 0 Å². The molecular formula is C19H21ClFN3O4S2. The van der Waals surface area contributed by atoms with Gasteiger partial charge in [0.15, 0.2) is 10.8 Å². The van der Waals surface area contributed by atoms with Gasteiger partial charge in [-0.2, -0.15) is 0 Å². The molecule has 30 heavy (non-hydrogen) atoms. The quantitative estimate of drug-likeness (QED) is 0.660. The first kappa shape index (κ1) is 22.4. The lowest BCUT2D eigenvalue weighted by molar-refractivity contribution is 0.259. The highest BCUT2D eigenvalue weighted by molar-refractivity contribution is 7.93. The number of hydrogen-bond acceptors (Lipinski definition) is 7. The van der Waals surface area contributed by atoms with Crippen LogP contribution in [0.15, 0.2) is 52.7 Å². The van der Waals surface area contributed by atoms with Crippen LogP contribution in [-0.2, 0) is 16.6 Å². The Morgan fingerprint density at radius 2 is 2.10 bits per heavy atom. The summed E-state index contributed by atoms with van der Waals surface area (Å²) in [4.78, 5) is 4.13. The van der Waals surface area contributed by atoms with E-state index in [0.29, 0.717) is 17.1 Å². The number of nitrogens with zero attached hydrogens (tertiary/aromatic N) is 2. The lowest BCUT2D eigenvalue weighted by Gasteiger charge is -2.33. The number of thiazole rings is 1. The van der Waals surface area contributed by atoms with Crippen molar-refractivity contribution in [1.29, 1.82) is 0 Å². The molecule has 3 rings (SSSR count). The maximum atomic E-state index is 15.3. The lowest BCUT2D eigenvalue weighted by Crippen LogP contribution is -2.48. The van der Waals surface area contributed by atoms with E-state index in [1.807, 2.05) is 0 Å². The van der Waals surface area contributed by atoms with Crippen molar-refractivity contribution in [2.24, 2.45) is 5.73 Å². The molecular weight excluding hydrogens is 453 g/mol. The molecule has 2 N–H and O–H groups in total. The Morgan fingerprint density at radius 3 is 2.70 bits per heavy atom. The van der Waals surface area contributed by atoms with E-state index in [1.165, 1.54) is 20.4 Å². The third-order valence-corrected chi connectivity index (χ3v) is 8.05. The van der Waals surface area contributed by atoms with Crippen LogP contribution in [0.3, 0.4) is 0 Å². The van der Waals surface area contributed by atoms with Gasteiger partial charge < -0.3 is 15.2 Å². The van der Waals surface area contributed by atoms with E-state index < -0.39 is 20.9 Å². The third-order valence-electron chi connectivity index (χ3n) is 4.64. The second-order valence-corrected chi connectivity index (χ2v) is 9.99. The Morgan fingerprint density at radius 1 is 1.37 bits per heavy atom. The zero-order chi connectivity index (χ0) is 22.1. The molecule has 0 aliphatic heterocycles. The molecule has 1 aliphatic carbocycles. The monoisotopic (exact) mass is 473 g/mol. The zero-order valence-electron chi connectivity index (χ0n) is 16.5. The molecule has 162 valence electrons. The van der Waals surface area contributed by atoms with E-state index >= 15 is 4.39 Å². The molecule has 11 heteroatoms. The summed E-state index contributed by atoms with van der Waals surface area (Å²) in [5.41, 5.74) is 3.98. The minimum Gasteiger partial charge on any atom is -0.497 e. The number of ether oxygens (including phenoxy) is 2. The van der Waals surface area contributed by atoms with Gasteiger partial charge in [0.05, 0.1) is 25.8 Å². The van der Waals surface area contributed by atoms with Gasteiger partial charge in [0.1, 0.15) is 16.7 Å². The van der Waals surface area contributed by atoms with Crippen LogP contribution >= 0.6 is 22.9 Å². The first-order valence-corrected chi connectivity index (χ1v) is 11.5. The minimum atomic E-state index is -4.29. The Labute approximate surface area is 183 Å². The average Bonchev–Trinajstić information content (AvgIpc) is 3.22. The van der Waals surface area contributed by atoms with Crippen molar-refractivity contribution in [2.45, 2.75) is 24.4 Å². The van der Waals surface area contributed by atoms with Gasteiger partial charge in [0.2, 0.25) is 10.0 Å². The van der Waals surface area contributed by atoms with E-state index in [0.717, 1.165) is 34.7 Å². The largest absolute Gasteiger partial charge is 0.497 e. The van der Waals surface area contributed by atoms with Gasteiger partial charge >= 0.3 is 0 Å². The van der Waals surface area contributed by atoms with E-state index in [2.05, 4.69) is 4.98 Å². The Kier molecular flexibility index (Phi) is 6.30. The number of methoxy groups -OCH3 is 2. The summed E-state index contributed by atoms with van der Waals surface area (Å²) in [6.07, 6.45) is 3.62. The van der Waals surface area contributed by atoms with Crippen molar-refractivity contribution in [3.05, 3.63) is 58.2 Å². The predicted molar refractivity (Wildman–Crippen MR) is 116 cm³/mol. The zero-order valence-corrected chi connectivity index (χ0v) is 18.9. The fourth-order valence-corrected chi connectivity index (χ4v) is 6.16. The second-order valence-electron chi connectivity index (χ2n) is 6.73. The average molecular weight is 474 g/mol. The molecule has 0 bridgehead atoms. The first-order valence-electron chi connectivity index (χ1n) is 8.77. The maximum absolute atomic E-state index is 15.3. The molecule has 2 unspecified atom stereocenters. The fraction of sp³-hybridized carbons (Fsp3) is 0.316. The summed E-state index contributed by atoms with van der Waals surface area (Å²) in [5, 5.41) is 0.229. The van der Waals surface area contributed by atoms with Crippen LogP contribution in [-0.4, -0.2) is 38.5 Å². The molecule has 1 aromatic heterocycles. The van der Waals surface area contributed by atoms with Gasteiger partial charge in [-0.15, -0.1) is 11.3 Å². The summed E-state index contributed by atoms with van der Waals surface area (Å²) in [6, 6.07) is 5.01. The number of allylic oxidation sites excluding steroid dienone is 2. The minimum absolute atomic E-state index is 0.00858. The highest BCUT2D eigenvalue weighted by Gasteiger charge is 2.47. The van der Waals surface area contributed by atoms with Gasteiger partial charge in [0, 0.05) is 28.9 Å². The number of alkyl halides is 1. The predicted octanol–water partition coefficient (Wildman–Crippen LogP) is 3.57. The normalized spacial score (nSPS) is 21.6. The van der Waals surface area contributed by atoms with E-state index in [9.17, 15) is 8.42 Å². The summed E-state index contributed by atoms with van der Waals surface area (Å²) >= 11 is 7.15. The molecule has 0 spiro atoms. The van der Waals surface area contributed by atoms with Gasteiger partial charge in [-0.25, -0.2) is 22.1 Å². The van der Waals surface area contributed by atoms with Gasteiger partial charge in [-0.1, -0.05) is 11.6 Å². The van der Waals surface area contributed by atoms with Crippen LogP contribution in [0.2, 0.25) is 0 Å². The van der Waals surface area contributed by atoms with Crippen LogP contribution in [0.5, 0.6) is 11.5 Å². The number of benzene rings is 1. The van der Waals surface area contributed by atoms with Crippen molar-refractivity contribution in [3.63, 3.8) is 0 Å². The van der Waals surface area contributed by atoms with Crippen molar-refractivity contribution >= 4 is 38.1 Å². The number of nitrogens with two attached hydrogens (primary N) is 1. The molecule has 0 saturated heterocycles. The molecule has 0 amide bonds. The van der Waals surface area contributed by atoms with Crippen molar-refractivity contribution in [3.8, 4) is 11.5 Å². The number of aromatic nitrogens is 1. The highest BCUT2D eigenvalue weighted by atomic mass is 35.5. The van der Waals surface area contributed by atoms with Crippen LogP contribution in [0, 0.1) is 0 Å². The summed E-state index contributed by atoms with van der Waals surface area (Å²) < 4.78 is 54.1. The van der Waals surface area contributed by atoms with Crippen molar-refractivity contribution < 1.29 is 22.3 Å². The molecule has 7 nitrogen and oxygen atoms in total. The topological polar surface area (TPSA) is 94.8 Å². The molecule has 1 aromatic carbocycles. The third kappa shape index (κ3) is 4.26. The lowest BCUT2D eigenvalue weighted by atomic mass is 9.97. The first-order chi connectivity index (χ1) is 14.1. The van der Waals surface area contributed by atoms with Crippen LogP contribution in [0.25, 0.3) is 0 Å². The van der Waals surface area contributed by atoms with Crippen LogP contribution < -0.4 is 19.5 Å². The van der Waals surface area contributed by atoms with Crippen LogP contribution in [0.4, 0.5) is 9.52 Å². The maximum Gasteiger partial charge on any atom is 0.247 e. The summed E-state index contributed by atoms with van der Waals surface area (Å²) in [7, 11) is -1.31. The van der Waals surface area contributed by atoms with E-state index in [4.69, 9.17) is 26.8 Å². The molecule has 2 atom stereocenters. The molecule has 0 fully saturated rings. The van der Waals surface area contributed by atoms with Crippen molar-refractivity contribution in [2.75, 3.05) is 18.5 Å². The highest BCUT2D eigenvalue weighted by Crippen LogP contribution is 2.38. The van der Waals surface area contributed by atoms with Crippen LogP contribution in [0.1, 0.15) is 12.5 Å². The molecule has 0 radical (unpaired) electrons. The summed E-state index contributed by atoms with van der Waals surface area (Å²) in [5.74, 6) is 0.980. The Hall–Kier alpha value is -2.30. The van der Waals surface area contributed by atoms with Gasteiger partial charge in [0.25, 0.3) is 0 Å². The van der Waals surface area contributed by atoms with Crippen molar-refractivity contribution in [1.82, 2.24) is 4.98 Å². The fourth-order valence-electron chi connectivity index (χ4n) is 3.10. The molecule has 1 aliphatic rings. The molecule has 2 aromatic rings. The second kappa shape index (κ2) is 8.44. The SMILES string of the molecule is COc1ccc(CN(c2nccs2)S(=O)(=O)C2C=C(Cl)C(N)=CC2(C)F)c(OC)c1. The number of rotatable bonds is 7. The van der Waals surface area contributed by atoms with Gasteiger partial charge in [-0.05, 0) is 31.2 Å². The Bertz CT molecular complexity index is 1090. The number of anilines is 1. The number of hydrogen-bond donors (Lipinski definition) is 1. The standard InChI is InChI=1S/C19H21ClFN3O4S2/c1-19(21)10-15(22)14(20)9-17(19)30(25,26)24(18-23-6-7-29-18)11-12-4-5-13(27-2)8-16(12)28-3/h4-10,17H,11,22H2,1-3H3. The molecule has 1 heterocycles. The smallest absolute Gasteiger partial charge is 0.247 e.